The molecule has 0 fully saturated rings. The van der Waals surface area contributed by atoms with E-state index in [1.54, 1.807) is 0 Å². The molecule has 1 aromatic heterocycles. The van der Waals surface area contributed by atoms with Crippen molar-refractivity contribution < 1.29 is 45.3 Å². The van der Waals surface area contributed by atoms with E-state index in [0.29, 0.717) is 10.8 Å². The molecule has 174 valence electrons. The number of hydrogen-bond donors (Lipinski definition) is 1. The number of alkyl halides is 6. The van der Waals surface area contributed by atoms with Crippen LogP contribution < -0.4 is 19.5 Å². The lowest BCUT2D eigenvalue weighted by atomic mass is 10.0. The van der Waals surface area contributed by atoms with Crippen LogP contribution in [0.2, 0.25) is 0 Å². The third-order valence-corrected chi connectivity index (χ3v) is 4.19. The Labute approximate surface area is 182 Å². The second-order valence-corrected chi connectivity index (χ2v) is 6.69. The minimum absolute atomic E-state index is 0.0197. The van der Waals surface area contributed by atoms with Crippen LogP contribution in [0, 0.1) is 12.1 Å². The van der Waals surface area contributed by atoms with Crippen LogP contribution in [0.4, 0.5) is 32.0 Å². The molecule has 1 N–H and O–H groups in total. The molecule has 3 rings (SSSR count). The number of nitrogens with one attached hydrogen (secondary N) is 1. The van der Waals surface area contributed by atoms with Crippen LogP contribution in [-0.4, -0.2) is 12.3 Å². The van der Waals surface area contributed by atoms with Crippen LogP contribution in [0.25, 0.3) is 0 Å². The van der Waals surface area contributed by atoms with E-state index in [1.165, 1.54) is 12.1 Å². The Morgan fingerprint density at radius 2 is 1.64 bits per heavy atom. The summed E-state index contributed by atoms with van der Waals surface area (Å²) in [5.74, 6) is -1.88. The van der Waals surface area contributed by atoms with Crippen LogP contribution >= 0.6 is 0 Å². The maximum atomic E-state index is 13.4. The molecule has 0 spiro atoms. The first-order valence-corrected chi connectivity index (χ1v) is 9.07. The van der Waals surface area contributed by atoms with Crippen molar-refractivity contribution in [1.82, 2.24) is 0 Å². The van der Waals surface area contributed by atoms with Gasteiger partial charge in [0.05, 0.1) is 11.1 Å². The van der Waals surface area contributed by atoms with Gasteiger partial charge in [-0.15, -0.1) is 13.2 Å². The van der Waals surface area contributed by atoms with Crippen molar-refractivity contribution in [2.45, 2.75) is 19.5 Å². The van der Waals surface area contributed by atoms with Gasteiger partial charge in [-0.05, 0) is 55.0 Å². The van der Waals surface area contributed by atoms with Gasteiger partial charge in [-0.1, -0.05) is 0 Å². The Hall–Kier alpha value is -3.96. The minimum Gasteiger partial charge on any atom is -0.619 e. The number of aromatic nitrogens is 1. The number of anilines is 1. The monoisotopic (exact) mass is 472 g/mol. The largest absolute Gasteiger partial charge is 0.619 e. The molecule has 6 nitrogen and oxygen atoms in total. The number of carbonyl (C=O) groups excluding carboxylic acids is 1. The van der Waals surface area contributed by atoms with E-state index in [9.17, 15) is 36.3 Å². The van der Waals surface area contributed by atoms with Gasteiger partial charge >= 0.3 is 12.5 Å². The number of ether oxygens (including phenoxy) is 2. The second kappa shape index (κ2) is 8.88. The molecule has 3 aromatic rings. The van der Waals surface area contributed by atoms with Gasteiger partial charge < -0.3 is 20.0 Å². The zero-order valence-corrected chi connectivity index (χ0v) is 16.6. The summed E-state index contributed by atoms with van der Waals surface area (Å²) in [5, 5.41) is 13.7. The Morgan fingerprint density at radius 3 is 2.21 bits per heavy atom. The summed E-state index contributed by atoms with van der Waals surface area (Å²) in [6.07, 6.45) is -7.53. The number of carbonyl (C=O) groups is 1. The first-order valence-electron chi connectivity index (χ1n) is 9.07. The lowest BCUT2D eigenvalue weighted by molar-refractivity contribution is -0.604. The predicted octanol–water partition coefficient (Wildman–Crippen LogP) is 5.59. The summed E-state index contributed by atoms with van der Waals surface area (Å²) >= 11 is 0. The molecule has 0 bridgehead atoms. The lowest BCUT2D eigenvalue weighted by Crippen LogP contribution is -2.25. The number of rotatable bonds is 5. The van der Waals surface area contributed by atoms with Gasteiger partial charge in [-0.3, -0.25) is 4.79 Å². The van der Waals surface area contributed by atoms with Gasteiger partial charge in [0.1, 0.15) is 22.9 Å². The van der Waals surface area contributed by atoms with E-state index < -0.39 is 35.3 Å². The summed E-state index contributed by atoms with van der Waals surface area (Å²) in [4.78, 5) is 12.7. The van der Waals surface area contributed by atoms with Crippen molar-refractivity contribution in [2.24, 2.45) is 0 Å². The molecular weight excluding hydrogens is 458 g/mol. The van der Waals surface area contributed by atoms with Gasteiger partial charge in [0.2, 0.25) is 6.20 Å². The fraction of sp³-hybridized carbons (Fsp3) is 0.143. The SMILES string of the molecule is Cc1cc(Oc2ccc(OC(F)(F)F)cc2)c(C(=O)Nc2ccc[n+]([O-])c2)cc1C(F)(F)F. The number of amides is 1. The highest BCUT2D eigenvalue weighted by Crippen LogP contribution is 2.37. The molecule has 12 heteroatoms. The zero-order chi connectivity index (χ0) is 24.4. The van der Waals surface area contributed by atoms with E-state index in [2.05, 4.69) is 10.1 Å². The molecule has 1 amide bonds. The van der Waals surface area contributed by atoms with E-state index >= 15 is 0 Å². The number of halogens is 6. The van der Waals surface area contributed by atoms with E-state index in [-0.39, 0.29) is 22.7 Å². The molecule has 0 aliphatic rings. The number of benzene rings is 2. The molecule has 0 aliphatic heterocycles. The Morgan fingerprint density at radius 1 is 1.00 bits per heavy atom. The molecule has 0 atom stereocenters. The Bertz CT molecular complexity index is 1160. The van der Waals surface area contributed by atoms with Crippen molar-refractivity contribution in [3.8, 4) is 17.2 Å². The smallest absolute Gasteiger partial charge is 0.573 e. The third kappa shape index (κ3) is 6.28. The number of pyridine rings is 1. The first-order chi connectivity index (χ1) is 15.3. The highest BCUT2D eigenvalue weighted by atomic mass is 19.4. The van der Waals surface area contributed by atoms with Crippen LogP contribution in [-0.2, 0) is 6.18 Å². The van der Waals surface area contributed by atoms with Crippen molar-refractivity contribution in [1.29, 1.82) is 0 Å². The normalized spacial score (nSPS) is 11.7. The molecule has 0 unspecified atom stereocenters. The average Bonchev–Trinajstić information content (AvgIpc) is 2.67. The van der Waals surface area contributed by atoms with Crippen LogP contribution in [0.1, 0.15) is 21.5 Å². The molecule has 0 aliphatic carbocycles. The van der Waals surface area contributed by atoms with E-state index in [1.807, 2.05) is 0 Å². The summed E-state index contributed by atoms with van der Waals surface area (Å²) in [6.45, 7) is 1.16. The van der Waals surface area contributed by atoms with Gasteiger partial charge in [0.15, 0.2) is 6.20 Å². The quantitative estimate of drug-likeness (QED) is 0.299. The number of nitrogens with zero attached hydrogens (tertiary/aromatic N) is 1. The highest BCUT2D eigenvalue weighted by molar-refractivity contribution is 6.06. The molecule has 2 aromatic carbocycles. The van der Waals surface area contributed by atoms with Gasteiger partial charge in [0, 0.05) is 6.07 Å². The summed E-state index contributed by atoms with van der Waals surface area (Å²) in [7, 11) is 0. The predicted molar refractivity (Wildman–Crippen MR) is 103 cm³/mol. The molecule has 33 heavy (non-hydrogen) atoms. The van der Waals surface area contributed by atoms with E-state index in [0.717, 1.165) is 49.6 Å². The average molecular weight is 472 g/mol. The maximum absolute atomic E-state index is 13.4. The van der Waals surface area contributed by atoms with Crippen LogP contribution in [0.15, 0.2) is 60.9 Å². The fourth-order valence-corrected chi connectivity index (χ4v) is 2.81. The van der Waals surface area contributed by atoms with Crippen molar-refractivity contribution in [2.75, 3.05) is 5.32 Å². The van der Waals surface area contributed by atoms with Crippen molar-refractivity contribution in [3.05, 3.63) is 82.8 Å². The summed E-state index contributed by atoms with van der Waals surface area (Å²) in [5.41, 5.74) is -1.82. The van der Waals surface area contributed by atoms with Crippen LogP contribution in [0.3, 0.4) is 0 Å². The third-order valence-electron chi connectivity index (χ3n) is 4.19. The summed E-state index contributed by atoms with van der Waals surface area (Å²) in [6, 6.07) is 8.31. The van der Waals surface area contributed by atoms with Gasteiger partial charge in [-0.2, -0.15) is 17.9 Å². The summed E-state index contributed by atoms with van der Waals surface area (Å²) < 4.78 is 86.7. The Balaban J connectivity index is 1.96. The number of hydrogen-bond acceptors (Lipinski definition) is 4. The lowest BCUT2D eigenvalue weighted by Gasteiger charge is -2.17. The molecular formula is C21H14F6N2O4. The van der Waals surface area contributed by atoms with Gasteiger partial charge in [0.25, 0.3) is 5.91 Å². The van der Waals surface area contributed by atoms with Gasteiger partial charge in [-0.25, -0.2) is 0 Å². The first kappa shape index (κ1) is 23.7. The van der Waals surface area contributed by atoms with E-state index in [4.69, 9.17) is 4.74 Å². The van der Waals surface area contributed by atoms with Crippen molar-refractivity contribution in [3.63, 3.8) is 0 Å². The fourth-order valence-electron chi connectivity index (χ4n) is 2.81. The highest BCUT2D eigenvalue weighted by Gasteiger charge is 2.34. The Kier molecular flexibility index (Phi) is 6.38. The molecule has 0 saturated carbocycles. The molecule has 0 saturated heterocycles. The van der Waals surface area contributed by atoms with Crippen LogP contribution in [0.5, 0.6) is 17.2 Å². The minimum atomic E-state index is -4.90. The standard InChI is InChI=1S/C21H14F6N2O4/c1-12-9-18(32-14-4-6-15(7-5-14)33-21(25,26)27)16(10-17(12)20(22,23)24)19(30)28-13-3-2-8-29(31)11-13/h2-11H,1H3,(H,28,30). The maximum Gasteiger partial charge on any atom is 0.573 e. The molecule has 1 heterocycles. The second-order valence-electron chi connectivity index (χ2n) is 6.69. The number of aryl methyl sites for hydroxylation is 1. The zero-order valence-electron chi connectivity index (χ0n) is 16.6. The topological polar surface area (TPSA) is 74.5 Å². The molecule has 0 radical (unpaired) electrons. The van der Waals surface area contributed by atoms with Crippen molar-refractivity contribution >= 4 is 11.6 Å².